The van der Waals surface area contributed by atoms with Gasteiger partial charge in [-0.2, -0.15) is 0 Å². The Kier molecular flexibility index (Phi) is 5.74. The SMILES string of the molecule is Cc1ccccc1CCNC(=O)c1ccc2c(=O)n3c(nc2c1)CCCCCC3. The van der Waals surface area contributed by atoms with Crippen LogP contribution in [0.1, 0.15) is 53.0 Å². The Bertz CT molecular complexity index is 1100. The number of rotatable bonds is 4. The first kappa shape index (κ1) is 19.4. The van der Waals surface area contributed by atoms with Gasteiger partial charge in [-0.05, 0) is 55.5 Å². The Balaban J connectivity index is 1.53. The van der Waals surface area contributed by atoms with Crippen LogP contribution >= 0.6 is 0 Å². The van der Waals surface area contributed by atoms with E-state index in [-0.39, 0.29) is 11.5 Å². The number of carbonyl (C=O) groups excluding carboxylic acids is 1. The van der Waals surface area contributed by atoms with Crippen LogP contribution in [0.2, 0.25) is 0 Å². The van der Waals surface area contributed by atoms with Gasteiger partial charge in [0.15, 0.2) is 0 Å². The summed E-state index contributed by atoms with van der Waals surface area (Å²) in [5.74, 6) is 0.716. The standard InChI is InChI=1S/C24H27N3O2/c1-17-8-5-6-9-18(17)13-14-25-23(28)19-11-12-20-21(16-19)26-22-10-4-2-3-7-15-27(22)24(20)29/h5-6,8-9,11-12,16H,2-4,7,10,13-15H2,1H3,(H,25,28). The zero-order valence-electron chi connectivity index (χ0n) is 16.9. The van der Waals surface area contributed by atoms with Gasteiger partial charge in [0.05, 0.1) is 10.9 Å². The normalized spacial score (nSPS) is 14.1. The fourth-order valence-corrected chi connectivity index (χ4v) is 4.04. The van der Waals surface area contributed by atoms with E-state index in [4.69, 9.17) is 4.98 Å². The molecule has 150 valence electrons. The number of hydrogen-bond acceptors (Lipinski definition) is 3. The van der Waals surface area contributed by atoms with Crippen LogP contribution < -0.4 is 10.9 Å². The van der Waals surface area contributed by atoms with E-state index in [1.807, 2.05) is 16.7 Å². The third kappa shape index (κ3) is 4.24. The maximum atomic E-state index is 12.9. The number of benzene rings is 2. The van der Waals surface area contributed by atoms with Crippen LogP contribution in [-0.2, 0) is 19.4 Å². The molecule has 29 heavy (non-hydrogen) atoms. The monoisotopic (exact) mass is 389 g/mol. The number of fused-ring (bicyclic) bond motifs is 2. The summed E-state index contributed by atoms with van der Waals surface area (Å²) in [7, 11) is 0. The lowest BCUT2D eigenvalue weighted by molar-refractivity contribution is 0.0954. The Morgan fingerprint density at radius 3 is 2.79 bits per heavy atom. The highest BCUT2D eigenvalue weighted by molar-refractivity contribution is 5.97. The van der Waals surface area contributed by atoms with Gasteiger partial charge in [-0.1, -0.05) is 37.1 Å². The van der Waals surface area contributed by atoms with Gasteiger partial charge in [-0.15, -0.1) is 0 Å². The summed E-state index contributed by atoms with van der Waals surface area (Å²) in [5.41, 5.74) is 3.64. The molecule has 0 aliphatic carbocycles. The van der Waals surface area contributed by atoms with E-state index >= 15 is 0 Å². The molecule has 4 rings (SSSR count). The predicted molar refractivity (Wildman–Crippen MR) is 115 cm³/mol. The molecule has 2 aromatic carbocycles. The topological polar surface area (TPSA) is 64.0 Å². The summed E-state index contributed by atoms with van der Waals surface area (Å²) in [5, 5.41) is 3.57. The Labute approximate surface area is 170 Å². The first-order chi connectivity index (χ1) is 14.1. The Morgan fingerprint density at radius 2 is 1.93 bits per heavy atom. The average Bonchev–Trinajstić information content (AvgIpc) is 2.70. The number of aryl methyl sites for hydroxylation is 2. The molecular formula is C24H27N3O2. The first-order valence-corrected chi connectivity index (χ1v) is 10.5. The summed E-state index contributed by atoms with van der Waals surface area (Å²) in [4.78, 5) is 30.3. The van der Waals surface area contributed by atoms with Crippen LogP contribution in [0.25, 0.3) is 10.9 Å². The molecule has 0 saturated carbocycles. The molecule has 1 aliphatic rings. The largest absolute Gasteiger partial charge is 0.352 e. The van der Waals surface area contributed by atoms with Gasteiger partial charge >= 0.3 is 0 Å². The van der Waals surface area contributed by atoms with E-state index in [0.717, 1.165) is 44.5 Å². The molecule has 1 amide bonds. The summed E-state index contributed by atoms with van der Waals surface area (Å²) in [6, 6.07) is 13.4. The average molecular weight is 389 g/mol. The number of nitrogens with one attached hydrogen (secondary N) is 1. The fourth-order valence-electron chi connectivity index (χ4n) is 4.04. The van der Waals surface area contributed by atoms with Crippen molar-refractivity contribution in [1.29, 1.82) is 0 Å². The number of carbonyl (C=O) groups is 1. The third-order valence-electron chi connectivity index (χ3n) is 5.77. The molecule has 1 aromatic heterocycles. The lowest BCUT2D eigenvalue weighted by Gasteiger charge is -2.16. The van der Waals surface area contributed by atoms with Crippen LogP contribution in [0.5, 0.6) is 0 Å². The smallest absolute Gasteiger partial charge is 0.261 e. The lowest BCUT2D eigenvalue weighted by Crippen LogP contribution is -2.28. The zero-order valence-corrected chi connectivity index (χ0v) is 16.9. The Morgan fingerprint density at radius 1 is 1.10 bits per heavy atom. The van der Waals surface area contributed by atoms with E-state index in [2.05, 4.69) is 24.4 Å². The van der Waals surface area contributed by atoms with Crippen LogP contribution in [0.3, 0.4) is 0 Å². The quantitative estimate of drug-likeness (QED) is 0.738. The van der Waals surface area contributed by atoms with Crippen molar-refractivity contribution in [3.05, 3.63) is 75.3 Å². The van der Waals surface area contributed by atoms with Gasteiger partial charge in [0.25, 0.3) is 11.5 Å². The van der Waals surface area contributed by atoms with E-state index in [1.165, 1.54) is 17.5 Å². The molecule has 1 N–H and O–H groups in total. The first-order valence-electron chi connectivity index (χ1n) is 10.5. The second-order valence-electron chi connectivity index (χ2n) is 7.81. The third-order valence-corrected chi connectivity index (χ3v) is 5.77. The summed E-state index contributed by atoms with van der Waals surface area (Å²) < 4.78 is 1.82. The maximum absolute atomic E-state index is 12.9. The number of nitrogens with zero attached hydrogens (tertiary/aromatic N) is 2. The second kappa shape index (κ2) is 8.60. The number of amides is 1. The summed E-state index contributed by atoms with van der Waals surface area (Å²) in [6.07, 6.45) is 6.01. The minimum Gasteiger partial charge on any atom is -0.352 e. The van der Waals surface area contributed by atoms with E-state index in [9.17, 15) is 9.59 Å². The van der Waals surface area contributed by atoms with Crippen LogP contribution in [-0.4, -0.2) is 22.0 Å². The highest BCUT2D eigenvalue weighted by Gasteiger charge is 2.15. The molecule has 0 unspecified atom stereocenters. The van der Waals surface area contributed by atoms with Crippen molar-refractivity contribution in [2.45, 2.75) is 52.0 Å². The summed E-state index contributed by atoms with van der Waals surface area (Å²) >= 11 is 0. The molecule has 0 spiro atoms. The molecular weight excluding hydrogens is 362 g/mol. The van der Waals surface area contributed by atoms with Crippen LogP contribution in [0.4, 0.5) is 0 Å². The summed E-state index contributed by atoms with van der Waals surface area (Å²) in [6.45, 7) is 3.38. The number of aromatic nitrogens is 2. The van der Waals surface area contributed by atoms with Gasteiger partial charge in [0.2, 0.25) is 0 Å². The molecule has 5 heteroatoms. The highest BCUT2D eigenvalue weighted by Crippen LogP contribution is 2.16. The second-order valence-corrected chi connectivity index (χ2v) is 7.81. The van der Waals surface area contributed by atoms with Gasteiger partial charge in [-0.3, -0.25) is 14.2 Å². The lowest BCUT2D eigenvalue weighted by atomic mass is 10.1. The molecule has 0 fully saturated rings. The van der Waals surface area contributed by atoms with E-state index in [1.54, 1.807) is 18.2 Å². The van der Waals surface area contributed by atoms with Crippen molar-refractivity contribution in [2.75, 3.05) is 6.54 Å². The van der Waals surface area contributed by atoms with Crippen molar-refractivity contribution >= 4 is 16.8 Å². The van der Waals surface area contributed by atoms with E-state index in [0.29, 0.717) is 23.0 Å². The molecule has 2 heterocycles. The number of hydrogen-bond donors (Lipinski definition) is 1. The van der Waals surface area contributed by atoms with Crippen LogP contribution in [0.15, 0.2) is 47.3 Å². The minimum absolute atomic E-state index is 0.0124. The minimum atomic E-state index is -0.130. The van der Waals surface area contributed by atoms with Gasteiger partial charge < -0.3 is 5.32 Å². The van der Waals surface area contributed by atoms with E-state index < -0.39 is 0 Å². The van der Waals surface area contributed by atoms with Crippen molar-refractivity contribution in [3.63, 3.8) is 0 Å². The molecule has 0 saturated heterocycles. The van der Waals surface area contributed by atoms with Crippen molar-refractivity contribution < 1.29 is 4.79 Å². The maximum Gasteiger partial charge on any atom is 0.261 e. The molecule has 0 atom stereocenters. The predicted octanol–water partition coefficient (Wildman–Crippen LogP) is 3.79. The van der Waals surface area contributed by atoms with Crippen molar-refractivity contribution in [3.8, 4) is 0 Å². The van der Waals surface area contributed by atoms with Gasteiger partial charge in [-0.25, -0.2) is 4.98 Å². The molecule has 0 bridgehead atoms. The van der Waals surface area contributed by atoms with Crippen molar-refractivity contribution in [2.24, 2.45) is 0 Å². The molecule has 3 aromatic rings. The van der Waals surface area contributed by atoms with Gasteiger partial charge in [0.1, 0.15) is 5.82 Å². The zero-order chi connectivity index (χ0) is 20.2. The molecule has 0 radical (unpaired) electrons. The fraction of sp³-hybridized carbons (Fsp3) is 0.375. The molecule has 1 aliphatic heterocycles. The van der Waals surface area contributed by atoms with Gasteiger partial charge in [0, 0.05) is 25.1 Å². The van der Waals surface area contributed by atoms with Crippen LogP contribution in [0, 0.1) is 6.92 Å². The highest BCUT2D eigenvalue weighted by atomic mass is 16.1. The van der Waals surface area contributed by atoms with Crippen molar-refractivity contribution in [1.82, 2.24) is 14.9 Å². The molecule has 5 nitrogen and oxygen atoms in total. The Hall–Kier alpha value is -2.95.